The number of aryl methyl sites for hydroxylation is 4. The van der Waals surface area contributed by atoms with Crippen LogP contribution in [0, 0.1) is 27.7 Å². The minimum absolute atomic E-state index is 0.463. The van der Waals surface area contributed by atoms with Crippen LogP contribution in [0.1, 0.15) is 22.3 Å². The van der Waals surface area contributed by atoms with E-state index in [4.69, 9.17) is 17.3 Å². The lowest BCUT2D eigenvalue weighted by Crippen LogP contribution is -2.63. The molecule has 0 aliphatic carbocycles. The first kappa shape index (κ1) is 39.4. The number of benzene rings is 4. The molecule has 5 rings (SSSR count). The van der Waals surface area contributed by atoms with Crippen molar-refractivity contribution < 1.29 is 60.9 Å². The topological polar surface area (TPSA) is 211 Å². The van der Waals surface area contributed by atoms with E-state index in [1.54, 1.807) is 27.7 Å². The summed E-state index contributed by atoms with van der Waals surface area (Å²) >= 11 is 0. The maximum absolute atomic E-state index is 13.9. The first-order chi connectivity index (χ1) is 24.2. The zero-order chi connectivity index (χ0) is 38.2. The maximum Gasteiger partial charge on any atom is 0.297 e. The standard InChI is InChI=1S/C34H34O14S4/c1-21-5-13-25(14-6-21)49(37,38)34(36)32-30(47-51(41,42)27-17-9-23(3)10-18-27)29(46-50(39,40)26-15-7-22(2)8-16-26)31(33(35)45-32)48-52(43,44)28-19-11-24(4)12-20-28/h5-20,29-33,35H,1-4H3. The quantitative estimate of drug-likeness (QED) is 0.216. The van der Waals surface area contributed by atoms with E-state index in [1.807, 2.05) is 0 Å². The highest BCUT2D eigenvalue weighted by Gasteiger charge is 2.57. The molecule has 0 aromatic heterocycles. The second kappa shape index (κ2) is 14.9. The number of hydrogen-bond acceptors (Lipinski definition) is 14. The highest BCUT2D eigenvalue weighted by Crippen LogP contribution is 2.36. The summed E-state index contributed by atoms with van der Waals surface area (Å²) < 4.78 is 131. The molecule has 5 unspecified atom stereocenters. The lowest BCUT2D eigenvalue weighted by Gasteiger charge is -2.42. The molecule has 1 fully saturated rings. The van der Waals surface area contributed by atoms with Crippen LogP contribution in [0.2, 0.25) is 0 Å². The van der Waals surface area contributed by atoms with Gasteiger partial charge in [0.2, 0.25) is 9.84 Å². The third-order valence-corrected chi connectivity index (χ3v) is 13.6. The average molecular weight is 795 g/mol. The Labute approximate surface area is 302 Å². The van der Waals surface area contributed by atoms with Crippen molar-refractivity contribution in [3.8, 4) is 0 Å². The van der Waals surface area contributed by atoms with Crippen LogP contribution < -0.4 is 0 Å². The molecule has 5 atom stereocenters. The molecule has 1 aliphatic heterocycles. The van der Waals surface area contributed by atoms with E-state index < -0.39 is 95.6 Å². The summed E-state index contributed by atoms with van der Waals surface area (Å²) in [5.41, 5.74) is 2.57. The molecular formula is C34H34O14S4. The number of rotatable bonds is 11. The summed E-state index contributed by atoms with van der Waals surface area (Å²) in [7, 11) is -20.1. The second-order valence-electron chi connectivity index (χ2n) is 12.1. The van der Waals surface area contributed by atoms with Crippen molar-refractivity contribution in [3.63, 3.8) is 0 Å². The van der Waals surface area contributed by atoms with E-state index in [-0.39, 0.29) is 0 Å². The summed E-state index contributed by atoms with van der Waals surface area (Å²) in [5.74, 6) is 0. The lowest BCUT2D eigenvalue weighted by atomic mass is 10.00. The molecule has 278 valence electrons. The van der Waals surface area contributed by atoms with Crippen molar-refractivity contribution in [3.05, 3.63) is 119 Å². The Morgan fingerprint density at radius 2 is 0.769 bits per heavy atom. The molecule has 52 heavy (non-hydrogen) atoms. The molecule has 0 spiro atoms. The number of carbonyl (C=O) groups excluding carboxylic acids is 1. The minimum atomic E-state index is -5.08. The molecule has 1 N–H and O–H groups in total. The zero-order valence-electron chi connectivity index (χ0n) is 28.0. The Morgan fingerprint density at radius 1 is 0.481 bits per heavy atom. The molecule has 1 heterocycles. The van der Waals surface area contributed by atoms with Crippen molar-refractivity contribution in [2.24, 2.45) is 0 Å². The second-order valence-corrected chi connectivity index (χ2v) is 18.7. The van der Waals surface area contributed by atoms with Crippen LogP contribution in [0.25, 0.3) is 0 Å². The van der Waals surface area contributed by atoms with Crippen molar-refractivity contribution in [1.29, 1.82) is 0 Å². The lowest BCUT2D eigenvalue weighted by molar-refractivity contribution is -0.256. The van der Waals surface area contributed by atoms with Gasteiger partial charge in [-0.1, -0.05) is 70.8 Å². The van der Waals surface area contributed by atoms with Crippen LogP contribution in [0.15, 0.2) is 117 Å². The third-order valence-electron chi connectivity index (χ3n) is 7.98. The molecule has 4 aromatic carbocycles. The third kappa shape index (κ3) is 8.51. The van der Waals surface area contributed by atoms with Gasteiger partial charge in [0.15, 0.2) is 18.5 Å². The van der Waals surface area contributed by atoms with Gasteiger partial charge in [0.25, 0.3) is 35.5 Å². The van der Waals surface area contributed by atoms with Crippen LogP contribution in [-0.4, -0.2) is 74.6 Å². The fourth-order valence-corrected chi connectivity index (χ4v) is 9.52. The van der Waals surface area contributed by atoms with Gasteiger partial charge in [-0.3, -0.25) is 17.3 Å². The van der Waals surface area contributed by atoms with Gasteiger partial charge in [-0.15, -0.1) is 0 Å². The molecule has 1 aliphatic rings. The van der Waals surface area contributed by atoms with Crippen LogP contribution in [0.3, 0.4) is 0 Å². The summed E-state index contributed by atoms with van der Waals surface area (Å²) in [6.07, 6.45) is -12.8. The predicted molar refractivity (Wildman–Crippen MR) is 184 cm³/mol. The van der Waals surface area contributed by atoms with Crippen molar-refractivity contribution in [2.75, 3.05) is 0 Å². The highest BCUT2D eigenvalue weighted by molar-refractivity contribution is 8.06. The van der Waals surface area contributed by atoms with Gasteiger partial charge in [-0.2, -0.15) is 25.3 Å². The van der Waals surface area contributed by atoms with Gasteiger partial charge in [0, 0.05) is 0 Å². The van der Waals surface area contributed by atoms with E-state index in [2.05, 4.69) is 0 Å². The monoisotopic (exact) mass is 794 g/mol. The predicted octanol–water partition coefficient (Wildman–Crippen LogP) is 3.26. The Kier molecular flexibility index (Phi) is 11.3. The van der Waals surface area contributed by atoms with Gasteiger partial charge in [-0.05, 0) is 76.2 Å². The Bertz CT molecular complexity index is 2380. The largest absolute Gasteiger partial charge is 0.366 e. The molecule has 14 nitrogen and oxygen atoms in total. The molecule has 18 heteroatoms. The van der Waals surface area contributed by atoms with E-state index in [9.17, 15) is 43.6 Å². The normalized spacial score (nSPS) is 21.4. The van der Waals surface area contributed by atoms with Gasteiger partial charge in [-0.25, -0.2) is 8.42 Å². The van der Waals surface area contributed by atoms with Gasteiger partial charge >= 0.3 is 0 Å². The average Bonchev–Trinajstić information content (AvgIpc) is 3.07. The van der Waals surface area contributed by atoms with Crippen LogP contribution in [0.5, 0.6) is 0 Å². The van der Waals surface area contributed by atoms with Gasteiger partial charge in [0.05, 0.1) is 19.6 Å². The van der Waals surface area contributed by atoms with Crippen molar-refractivity contribution in [1.82, 2.24) is 0 Å². The van der Waals surface area contributed by atoms with Gasteiger partial charge < -0.3 is 9.84 Å². The molecule has 1 saturated heterocycles. The van der Waals surface area contributed by atoms with Crippen LogP contribution >= 0.6 is 0 Å². The van der Waals surface area contributed by atoms with E-state index >= 15 is 0 Å². The fourth-order valence-electron chi connectivity index (χ4n) is 5.04. The summed E-state index contributed by atoms with van der Waals surface area (Å²) in [6.45, 7) is 6.65. The molecule has 0 amide bonds. The zero-order valence-corrected chi connectivity index (χ0v) is 31.3. The first-order valence-electron chi connectivity index (χ1n) is 15.4. The number of aliphatic hydroxyl groups excluding tert-OH is 1. The molecule has 0 saturated carbocycles. The number of ether oxygens (including phenoxy) is 1. The fraction of sp³-hybridized carbons (Fsp3) is 0.265. The molecule has 4 aromatic rings. The maximum atomic E-state index is 13.9. The molecular weight excluding hydrogens is 761 g/mol. The SMILES string of the molecule is Cc1ccc(S(=O)(=O)OC2C(O)OC(C(=O)S(=O)(=O)c3ccc(C)cc3)C(OS(=O)(=O)c3ccc(C)cc3)C2OS(=O)(=O)c2ccc(C)cc2)cc1. The summed E-state index contributed by atoms with van der Waals surface area (Å²) in [4.78, 5) is 11.9. The van der Waals surface area contributed by atoms with Crippen molar-refractivity contribution in [2.45, 2.75) is 78.0 Å². The van der Waals surface area contributed by atoms with E-state index in [0.29, 0.717) is 22.3 Å². The van der Waals surface area contributed by atoms with Gasteiger partial charge in [0.1, 0.15) is 12.2 Å². The van der Waals surface area contributed by atoms with Crippen LogP contribution in [0.4, 0.5) is 0 Å². The number of hydrogen-bond donors (Lipinski definition) is 1. The summed E-state index contributed by atoms with van der Waals surface area (Å²) in [6, 6.07) is 20.2. The van der Waals surface area contributed by atoms with Crippen LogP contribution in [-0.2, 0) is 62.3 Å². The smallest absolute Gasteiger partial charge is 0.297 e. The summed E-state index contributed by atoms with van der Waals surface area (Å²) in [5, 5.41) is 9.35. The minimum Gasteiger partial charge on any atom is -0.366 e. The molecule has 0 bridgehead atoms. The first-order valence-corrected chi connectivity index (χ1v) is 21.1. The van der Waals surface area contributed by atoms with E-state index in [1.165, 1.54) is 48.5 Å². The number of sulfone groups is 1. The number of carbonyl (C=O) groups is 1. The Balaban J connectivity index is 1.69. The Hall–Kier alpha value is -3.85. The van der Waals surface area contributed by atoms with E-state index in [0.717, 1.165) is 48.5 Å². The Morgan fingerprint density at radius 3 is 1.12 bits per heavy atom. The van der Waals surface area contributed by atoms with Crippen molar-refractivity contribution >= 4 is 45.3 Å². The number of aliphatic hydroxyl groups is 1. The highest BCUT2D eigenvalue weighted by atomic mass is 32.2. The molecule has 0 radical (unpaired) electrons.